The molecule has 0 amide bonds. The van der Waals surface area contributed by atoms with Gasteiger partial charge < -0.3 is 4.84 Å². The van der Waals surface area contributed by atoms with E-state index in [-0.39, 0.29) is 0 Å². The highest BCUT2D eigenvalue weighted by atomic mass is 35.5. The molecule has 0 bridgehead atoms. The zero-order chi connectivity index (χ0) is 16.8. The molecule has 0 aromatic heterocycles. The summed E-state index contributed by atoms with van der Waals surface area (Å²) in [5.74, 6) is 0. The van der Waals surface area contributed by atoms with Crippen LogP contribution in [-0.2, 0) is 9.71 Å². The summed E-state index contributed by atoms with van der Waals surface area (Å²) in [6.45, 7) is 0. The van der Waals surface area contributed by atoms with Gasteiger partial charge in [0.25, 0.3) is 0 Å². The van der Waals surface area contributed by atoms with Crippen molar-refractivity contribution in [3.63, 3.8) is 0 Å². The molecule has 0 saturated heterocycles. The third-order valence-electron chi connectivity index (χ3n) is 3.90. The van der Waals surface area contributed by atoms with E-state index >= 15 is 0 Å². The molecule has 0 atom stereocenters. The van der Waals surface area contributed by atoms with Gasteiger partial charge in [0.1, 0.15) is 17.7 Å². The lowest BCUT2D eigenvalue weighted by Crippen LogP contribution is -2.32. The van der Waals surface area contributed by atoms with Crippen molar-refractivity contribution in [3.8, 4) is 0 Å². The van der Waals surface area contributed by atoms with E-state index in [4.69, 9.17) is 16.4 Å². The molecular formula is C21H18ClNO. The molecule has 120 valence electrons. The Morgan fingerprint density at radius 1 is 0.750 bits per heavy atom. The number of hydrogen-bond acceptors (Lipinski definition) is 2. The van der Waals surface area contributed by atoms with Crippen LogP contribution in [0.15, 0.2) is 96.2 Å². The van der Waals surface area contributed by atoms with Gasteiger partial charge in [0, 0.05) is 5.56 Å². The molecule has 0 heterocycles. The van der Waals surface area contributed by atoms with Crippen LogP contribution in [0.3, 0.4) is 0 Å². The molecule has 0 N–H and O–H groups in total. The standard InChI is InChI=1S/C21H18ClNO/c1-24-23-20(17-11-5-2-6-12-17)21(22,18-13-7-3-8-14-18)19-15-9-4-10-16-19/h2-16H,1H3/b23-20+. The Morgan fingerprint density at radius 3 is 1.58 bits per heavy atom. The van der Waals surface area contributed by atoms with Crippen LogP contribution in [0.5, 0.6) is 0 Å². The summed E-state index contributed by atoms with van der Waals surface area (Å²) < 4.78 is 0. The number of rotatable bonds is 5. The van der Waals surface area contributed by atoms with Crippen molar-refractivity contribution in [2.75, 3.05) is 7.11 Å². The normalized spacial score (nSPS) is 12.0. The maximum absolute atomic E-state index is 7.26. The van der Waals surface area contributed by atoms with Crippen molar-refractivity contribution in [3.05, 3.63) is 108 Å². The van der Waals surface area contributed by atoms with Gasteiger partial charge in [-0.1, -0.05) is 96.2 Å². The predicted molar refractivity (Wildman–Crippen MR) is 99.5 cm³/mol. The lowest BCUT2D eigenvalue weighted by atomic mass is 9.83. The fourth-order valence-corrected chi connectivity index (χ4v) is 3.17. The van der Waals surface area contributed by atoms with Crippen LogP contribution in [0.25, 0.3) is 0 Å². The molecule has 0 aliphatic carbocycles. The smallest absolute Gasteiger partial charge is 0.140 e. The second-order valence-electron chi connectivity index (χ2n) is 5.38. The summed E-state index contributed by atoms with van der Waals surface area (Å²) in [5.41, 5.74) is 3.46. The highest BCUT2D eigenvalue weighted by molar-refractivity contribution is 6.41. The molecule has 0 unspecified atom stereocenters. The minimum Gasteiger partial charge on any atom is -0.399 e. The molecule has 2 nitrogen and oxygen atoms in total. The first-order valence-corrected chi connectivity index (χ1v) is 8.11. The molecule has 0 fully saturated rings. The molecule has 0 saturated carbocycles. The van der Waals surface area contributed by atoms with Crippen molar-refractivity contribution in [2.45, 2.75) is 4.87 Å². The van der Waals surface area contributed by atoms with Gasteiger partial charge in [-0.3, -0.25) is 0 Å². The number of halogens is 1. The van der Waals surface area contributed by atoms with Crippen LogP contribution in [0, 0.1) is 0 Å². The first kappa shape index (κ1) is 16.3. The molecule has 0 aliphatic heterocycles. The number of benzene rings is 3. The predicted octanol–water partition coefficient (Wildman–Crippen LogP) is 5.22. The number of alkyl halides is 1. The maximum atomic E-state index is 7.26. The highest BCUT2D eigenvalue weighted by Crippen LogP contribution is 2.40. The molecule has 3 aromatic carbocycles. The minimum atomic E-state index is -0.945. The third-order valence-corrected chi connectivity index (χ3v) is 4.51. The van der Waals surface area contributed by atoms with Crippen molar-refractivity contribution >= 4 is 17.3 Å². The zero-order valence-corrected chi connectivity index (χ0v) is 14.1. The van der Waals surface area contributed by atoms with Crippen LogP contribution in [0.1, 0.15) is 16.7 Å². The minimum absolute atomic E-state index is 0.657. The molecule has 24 heavy (non-hydrogen) atoms. The quantitative estimate of drug-likeness (QED) is 0.356. The summed E-state index contributed by atoms with van der Waals surface area (Å²) in [6, 6.07) is 29.8. The van der Waals surface area contributed by atoms with Gasteiger partial charge in [-0.2, -0.15) is 0 Å². The second kappa shape index (κ2) is 7.33. The second-order valence-corrected chi connectivity index (χ2v) is 5.95. The van der Waals surface area contributed by atoms with Gasteiger partial charge >= 0.3 is 0 Å². The van der Waals surface area contributed by atoms with E-state index in [0.29, 0.717) is 5.71 Å². The van der Waals surface area contributed by atoms with E-state index in [9.17, 15) is 0 Å². The number of hydrogen-bond donors (Lipinski definition) is 0. The van der Waals surface area contributed by atoms with E-state index < -0.39 is 4.87 Å². The molecule has 0 spiro atoms. The average molecular weight is 336 g/mol. The summed E-state index contributed by atoms with van der Waals surface area (Å²) in [4.78, 5) is 4.21. The third kappa shape index (κ3) is 3.06. The Bertz CT molecular complexity index is 762. The van der Waals surface area contributed by atoms with Crippen molar-refractivity contribution in [2.24, 2.45) is 5.16 Å². The van der Waals surface area contributed by atoms with Gasteiger partial charge in [-0.15, -0.1) is 11.6 Å². The molecular weight excluding hydrogens is 318 g/mol. The van der Waals surface area contributed by atoms with Gasteiger partial charge in [0.05, 0.1) is 0 Å². The Kier molecular flexibility index (Phi) is 4.97. The summed E-state index contributed by atoms with van der Waals surface area (Å²) in [5, 5.41) is 4.30. The Morgan fingerprint density at radius 2 is 1.17 bits per heavy atom. The Labute approximate surface area is 147 Å². The Balaban J connectivity index is 2.26. The molecule has 3 aromatic rings. The van der Waals surface area contributed by atoms with Crippen molar-refractivity contribution < 1.29 is 4.84 Å². The van der Waals surface area contributed by atoms with Crippen molar-refractivity contribution in [1.82, 2.24) is 0 Å². The zero-order valence-electron chi connectivity index (χ0n) is 13.4. The van der Waals surface area contributed by atoms with E-state index in [2.05, 4.69) is 5.16 Å². The lowest BCUT2D eigenvalue weighted by Gasteiger charge is -2.29. The van der Waals surface area contributed by atoms with E-state index in [1.807, 2.05) is 91.0 Å². The van der Waals surface area contributed by atoms with Gasteiger partial charge in [0.15, 0.2) is 0 Å². The SMILES string of the molecule is CO/N=C(\c1ccccc1)C(Cl)(c1ccccc1)c1ccccc1. The fraction of sp³-hybridized carbons (Fsp3) is 0.0952. The molecule has 0 radical (unpaired) electrons. The van der Waals surface area contributed by atoms with E-state index in [1.165, 1.54) is 7.11 Å². The topological polar surface area (TPSA) is 21.6 Å². The van der Waals surface area contributed by atoms with Crippen LogP contribution in [0.2, 0.25) is 0 Å². The summed E-state index contributed by atoms with van der Waals surface area (Å²) in [6.07, 6.45) is 0. The van der Waals surface area contributed by atoms with Crippen LogP contribution in [-0.4, -0.2) is 12.8 Å². The average Bonchev–Trinajstić information content (AvgIpc) is 2.67. The van der Waals surface area contributed by atoms with Gasteiger partial charge in [-0.05, 0) is 11.1 Å². The maximum Gasteiger partial charge on any atom is 0.140 e. The van der Waals surface area contributed by atoms with Crippen molar-refractivity contribution in [1.29, 1.82) is 0 Å². The van der Waals surface area contributed by atoms with Crippen LogP contribution >= 0.6 is 11.6 Å². The highest BCUT2D eigenvalue weighted by Gasteiger charge is 2.39. The monoisotopic (exact) mass is 335 g/mol. The largest absolute Gasteiger partial charge is 0.399 e. The summed E-state index contributed by atoms with van der Waals surface area (Å²) in [7, 11) is 1.54. The Hall–Kier alpha value is -2.58. The fourth-order valence-electron chi connectivity index (χ4n) is 2.78. The first-order valence-electron chi connectivity index (χ1n) is 7.74. The number of nitrogens with zero attached hydrogens (tertiary/aromatic N) is 1. The summed E-state index contributed by atoms with van der Waals surface area (Å²) >= 11 is 7.26. The molecule has 3 rings (SSSR count). The van der Waals surface area contributed by atoms with E-state index in [0.717, 1.165) is 16.7 Å². The van der Waals surface area contributed by atoms with Gasteiger partial charge in [0.2, 0.25) is 0 Å². The van der Waals surface area contributed by atoms with E-state index in [1.54, 1.807) is 0 Å². The first-order chi connectivity index (χ1) is 11.8. The van der Waals surface area contributed by atoms with Crippen LogP contribution < -0.4 is 0 Å². The lowest BCUT2D eigenvalue weighted by molar-refractivity contribution is 0.212. The molecule has 0 aliphatic rings. The number of oxime groups is 1. The van der Waals surface area contributed by atoms with Crippen LogP contribution in [0.4, 0.5) is 0 Å². The van der Waals surface area contributed by atoms with Gasteiger partial charge in [-0.25, -0.2) is 0 Å². The molecule has 3 heteroatoms.